The Morgan fingerprint density at radius 1 is 1.29 bits per heavy atom. The molecule has 1 heterocycles. The van der Waals surface area contributed by atoms with Gasteiger partial charge in [0.1, 0.15) is 11.6 Å². The van der Waals surface area contributed by atoms with Crippen molar-refractivity contribution in [1.82, 2.24) is 10.2 Å². The Hall–Kier alpha value is -1.45. The monoisotopic (exact) mass is 233 g/mol. The smallest absolute Gasteiger partial charge is 0.149 e. The summed E-state index contributed by atoms with van der Waals surface area (Å²) in [5.41, 5.74) is 1.10. The van der Waals surface area contributed by atoms with Gasteiger partial charge in [0.15, 0.2) is 0 Å². The van der Waals surface area contributed by atoms with E-state index in [4.69, 9.17) is 0 Å². The lowest BCUT2D eigenvalue weighted by Gasteiger charge is -2.20. The van der Waals surface area contributed by atoms with E-state index < -0.39 is 0 Å². The van der Waals surface area contributed by atoms with E-state index >= 15 is 0 Å². The maximum atomic E-state index is 10.8. The third-order valence-electron chi connectivity index (χ3n) is 3.23. The fourth-order valence-electron chi connectivity index (χ4n) is 2.27. The highest BCUT2D eigenvalue weighted by atomic mass is 16.1. The van der Waals surface area contributed by atoms with E-state index in [1.54, 1.807) is 6.92 Å². The number of anilines is 1. The predicted molar refractivity (Wildman–Crippen MR) is 67.0 cm³/mol. The number of Topliss-reactive ketones (excluding diaryl/α,β-unsaturated/α-hetero) is 1. The summed E-state index contributed by atoms with van der Waals surface area (Å²) in [5.74, 6) is 1.36. The lowest BCUT2D eigenvalue weighted by atomic mass is 9.87. The van der Waals surface area contributed by atoms with Crippen LogP contribution in [0.2, 0.25) is 0 Å². The zero-order valence-corrected chi connectivity index (χ0v) is 10.3. The third kappa shape index (κ3) is 3.51. The van der Waals surface area contributed by atoms with E-state index in [-0.39, 0.29) is 5.78 Å². The number of hydrogen-bond donors (Lipinski definition) is 1. The van der Waals surface area contributed by atoms with E-state index in [9.17, 15) is 4.79 Å². The summed E-state index contributed by atoms with van der Waals surface area (Å²) >= 11 is 0. The molecule has 0 bridgehead atoms. The van der Waals surface area contributed by atoms with Gasteiger partial charge < -0.3 is 5.32 Å². The van der Waals surface area contributed by atoms with Gasteiger partial charge in [0.25, 0.3) is 0 Å². The molecule has 1 aromatic heterocycles. The van der Waals surface area contributed by atoms with Crippen LogP contribution in [-0.2, 0) is 4.79 Å². The Kier molecular flexibility index (Phi) is 4.07. The minimum absolute atomic E-state index is 0.100. The average molecular weight is 233 g/mol. The van der Waals surface area contributed by atoms with Gasteiger partial charge in [0, 0.05) is 5.92 Å². The van der Waals surface area contributed by atoms with Gasteiger partial charge in [-0.3, -0.25) is 4.79 Å². The van der Waals surface area contributed by atoms with Crippen LogP contribution in [0.25, 0.3) is 0 Å². The first-order chi connectivity index (χ1) is 8.25. The Bertz CT molecular complexity index is 369. The molecule has 4 nitrogen and oxygen atoms in total. The number of ketones is 1. The summed E-state index contributed by atoms with van der Waals surface area (Å²) in [6.07, 6.45) is 6.42. The molecular formula is C13H19N3O. The first kappa shape index (κ1) is 12.0. The molecule has 1 fully saturated rings. The molecule has 1 aromatic rings. The van der Waals surface area contributed by atoms with Crippen molar-refractivity contribution in [3.63, 3.8) is 0 Å². The van der Waals surface area contributed by atoms with Crippen molar-refractivity contribution in [1.29, 1.82) is 0 Å². The fraction of sp³-hybridized carbons (Fsp3) is 0.615. The van der Waals surface area contributed by atoms with Gasteiger partial charge in [-0.1, -0.05) is 19.3 Å². The van der Waals surface area contributed by atoms with Crippen LogP contribution in [0.15, 0.2) is 12.1 Å². The predicted octanol–water partition coefficient (Wildman–Crippen LogP) is 2.53. The molecule has 1 aliphatic rings. The standard InChI is InChI=1S/C13H19N3O/c1-10(17)9-14-13-8-7-12(15-16-13)11-5-3-2-4-6-11/h7-8,11H,2-6,9H2,1H3,(H,14,16). The molecule has 4 heteroatoms. The molecule has 0 amide bonds. The summed E-state index contributed by atoms with van der Waals surface area (Å²) in [5, 5.41) is 11.3. The van der Waals surface area contributed by atoms with Crippen molar-refractivity contribution in [2.24, 2.45) is 0 Å². The molecule has 0 unspecified atom stereocenters. The van der Waals surface area contributed by atoms with Crippen LogP contribution in [0.5, 0.6) is 0 Å². The summed E-state index contributed by atoms with van der Waals surface area (Å²) in [6, 6.07) is 3.95. The highest BCUT2D eigenvalue weighted by Crippen LogP contribution is 2.31. The molecule has 0 saturated heterocycles. The number of hydrogen-bond acceptors (Lipinski definition) is 4. The molecule has 0 aliphatic heterocycles. The molecule has 17 heavy (non-hydrogen) atoms. The Balaban J connectivity index is 1.94. The van der Waals surface area contributed by atoms with E-state index in [0.717, 1.165) is 5.69 Å². The summed E-state index contributed by atoms with van der Waals surface area (Å²) in [7, 11) is 0. The maximum absolute atomic E-state index is 10.8. The van der Waals surface area contributed by atoms with E-state index in [2.05, 4.69) is 15.5 Å². The van der Waals surface area contributed by atoms with Gasteiger partial charge >= 0.3 is 0 Å². The van der Waals surface area contributed by atoms with E-state index in [0.29, 0.717) is 18.3 Å². The lowest BCUT2D eigenvalue weighted by Crippen LogP contribution is -2.12. The minimum atomic E-state index is 0.100. The van der Waals surface area contributed by atoms with E-state index in [1.165, 1.54) is 32.1 Å². The molecule has 0 atom stereocenters. The second-order valence-electron chi connectivity index (χ2n) is 4.73. The van der Waals surface area contributed by atoms with Gasteiger partial charge in [-0.25, -0.2) is 0 Å². The molecule has 2 rings (SSSR count). The van der Waals surface area contributed by atoms with Gasteiger partial charge in [0.2, 0.25) is 0 Å². The molecule has 1 saturated carbocycles. The third-order valence-corrected chi connectivity index (χ3v) is 3.23. The molecule has 1 aliphatic carbocycles. The minimum Gasteiger partial charge on any atom is -0.362 e. The van der Waals surface area contributed by atoms with Crippen LogP contribution < -0.4 is 5.32 Å². The molecule has 0 spiro atoms. The van der Waals surface area contributed by atoms with Gasteiger partial charge in [0.05, 0.1) is 12.2 Å². The second-order valence-corrected chi connectivity index (χ2v) is 4.73. The number of nitrogens with one attached hydrogen (secondary N) is 1. The lowest BCUT2D eigenvalue weighted by molar-refractivity contribution is -0.115. The topological polar surface area (TPSA) is 54.9 Å². The molecule has 92 valence electrons. The van der Waals surface area contributed by atoms with Gasteiger partial charge in [-0.2, -0.15) is 5.10 Å². The van der Waals surface area contributed by atoms with Crippen molar-refractivity contribution >= 4 is 11.6 Å². The van der Waals surface area contributed by atoms with Crippen LogP contribution in [0, 0.1) is 0 Å². The first-order valence-corrected chi connectivity index (χ1v) is 6.32. The largest absolute Gasteiger partial charge is 0.362 e. The number of nitrogens with zero attached hydrogens (tertiary/aromatic N) is 2. The quantitative estimate of drug-likeness (QED) is 0.868. The van der Waals surface area contributed by atoms with Crippen LogP contribution in [0.3, 0.4) is 0 Å². The highest BCUT2D eigenvalue weighted by Gasteiger charge is 2.16. The fourth-order valence-corrected chi connectivity index (χ4v) is 2.27. The summed E-state index contributed by atoms with van der Waals surface area (Å²) < 4.78 is 0. The number of rotatable bonds is 4. The van der Waals surface area contributed by atoms with Crippen LogP contribution in [0.1, 0.15) is 50.6 Å². The number of carbonyl (C=O) groups excluding carboxylic acids is 1. The average Bonchev–Trinajstić information content (AvgIpc) is 2.38. The zero-order chi connectivity index (χ0) is 12.1. The summed E-state index contributed by atoms with van der Waals surface area (Å²) in [6.45, 7) is 1.87. The Labute approximate surface area is 102 Å². The maximum Gasteiger partial charge on any atom is 0.149 e. The number of carbonyl (C=O) groups is 1. The first-order valence-electron chi connectivity index (χ1n) is 6.32. The van der Waals surface area contributed by atoms with E-state index in [1.807, 2.05) is 12.1 Å². The van der Waals surface area contributed by atoms with Gasteiger partial charge in [-0.05, 0) is 31.9 Å². The van der Waals surface area contributed by atoms with Crippen molar-refractivity contribution in [3.8, 4) is 0 Å². The van der Waals surface area contributed by atoms with Crippen molar-refractivity contribution in [3.05, 3.63) is 17.8 Å². The SMILES string of the molecule is CC(=O)CNc1ccc(C2CCCCC2)nn1. The Morgan fingerprint density at radius 3 is 2.65 bits per heavy atom. The zero-order valence-electron chi connectivity index (χ0n) is 10.3. The second kappa shape index (κ2) is 5.75. The van der Waals surface area contributed by atoms with Crippen molar-refractivity contribution in [2.75, 3.05) is 11.9 Å². The summed E-state index contributed by atoms with van der Waals surface area (Å²) in [4.78, 5) is 10.8. The van der Waals surface area contributed by atoms with Crippen molar-refractivity contribution < 1.29 is 4.79 Å². The molecule has 0 radical (unpaired) electrons. The van der Waals surface area contributed by atoms with Crippen molar-refractivity contribution in [2.45, 2.75) is 44.9 Å². The van der Waals surface area contributed by atoms with Crippen LogP contribution >= 0.6 is 0 Å². The molecule has 1 N–H and O–H groups in total. The molecule has 0 aromatic carbocycles. The molecular weight excluding hydrogens is 214 g/mol. The normalized spacial score (nSPS) is 16.8. The van der Waals surface area contributed by atoms with Gasteiger partial charge in [-0.15, -0.1) is 5.10 Å². The highest BCUT2D eigenvalue weighted by molar-refractivity contribution is 5.79. The number of aromatic nitrogens is 2. The van der Waals surface area contributed by atoms with Crippen LogP contribution in [0.4, 0.5) is 5.82 Å². The van der Waals surface area contributed by atoms with Crippen LogP contribution in [-0.4, -0.2) is 22.5 Å². The Morgan fingerprint density at radius 2 is 2.06 bits per heavy atom.